The molecule has 0 unspecified atom stereocenters. The quantitative estimate of drug-likeness (QED) is 0.534. The number of rotatable bonds is 6. The van der Waals surface area contributed by atoms with E-state index in [9.17, 15) is 4.91 Å². The van der Waals surface area contributed by atoms with E-state index in [4.69, 9.17) is 9.47 Å². The summed E-state index contributed by atoms with van der Waals surface area (Å²) in [5.74, 6) is 1.43. The molecule has 1 rings (SSSR count). The molecule has 0 aliphatic carbocycles. The topological polar surface area (TPSA) is 47.9 Å². The molecule has 0 aromatic heterocycles. The van der Waals surface area contributed by atoms with Crippen molar-refractivity contribution in [2.45, 2.75) is 12.8 Å². The summed E-state index contributed by atoms with van der Waals surface area (Å²) in [5, 5.41) is 2.82. The molecule has 15 heavy (non-hydrogen) atoms. The Morgan fingerprint density at radius 2 is 1.93 bits per heavy atom. The SMILES string of the molecule is COc1ccc(CCCN=O)cc1OC. The standard InChI is InChI=1S/C11H15NO3/c1-14-10-6-5-9(4-3-7-12-13)8-11(10)15-2/h5-6,8H,3-4,7H2,1-2H3. The average molecular weight is 209 g/mol. The fourth-order valence-corrected chi connectivity index (χ4v) is 1.38. The zero-order valence-corrected chi connectivity index (χ0v) is 9.03. The van der Waals surface area contributed by atoms with Crippen molar-refractivity contribution in [1.82, 2.24) is 0 Å². The second-order valence-corrected chi connectivity index (χ2v) is 3.15. The van der Waals surface area contributed by atoms with E-state index in [1.807, 2.05) is 18.2 Å². The number of ether oxygens (including phenoxy) is 2. The fraction of sp³-hybridized carbons (Fsp3) is 0.455. The number of hydrogen-bond acceptors (Lipinski definition) is 4. The summed E-state index contributed by atoms with van der Waals surface area (Å²) >= 11 is 0. The van der Waals surface area contributed by atoms with E-state index in [0.717, 1.165) is 24.2 Å². The molecule has 0 amide bonds. The van der Waals surface area contributed by atoms with E-state index in [0.29, 0.717) is 12.3 Å². The fourth-order valence-electron chi connectivity index (χ4n) is 1.38. The first-order valence-corrected chi connectivity index (χ1v) is 4.82. The second kappa shape index (κ2) is 6.01. The molecule has 0 aliphatic heterocycles. The number of nitroso groups, excluding NO2 is 1. The molecule has 0 aliphatic rings. The van der Waals surface area contributed by atoms with Gasteiger partial charge in [-0.3, -0.25) is 0 Å². The van der Waals surface area contributed by atoms with Crippen molar-refractivity contribution in [3.8, 4) is 11.5 Å². The highest BCUT2D eigenvalue weighted by molar-refractivity contribution is 5.42. The molecular weight excluding hydrogens is 194 g/mol. The first kappa shape index (κ1) is 11.5. The Bertz CT molecular complexity index is 326. The summed E-state index contributed by atoms with van der Waals surface area (Å²) in [6.07, 6.45) is 1.59. The van der Waals surface area contributed by atoms with Crippen LogP contribution in [0.15, 0.2) is 23.4 Å². The van der Waals surface area contributed by atoms with E-state index in [1.54, 1.807) is 14.2 Å². The minimum Gasteiger partial charge on any atom is -0.493 e. The number of aryl methyl sites for hydroxylation is 1. The molecule has 1 aromatic carbocycles. The van der Waals surface area contributed by atoms with Crippen LogP contribution < -0.4 is 9.47 Å². The van der Waals surface area contributed by atoms with Gasteiger partial charge in [-0.2, -0.15) is 4.91 Å². The van der Waals surface area contributed by atoms with Gasteiger partial charge in [0.2, 0.25) is 0 Å². The van der Waals surface area contributed by atoms with Gasteiger partial charge in [0.05, 0.1) is 20.8 Å². The van der Waals surface area contributed by atoms with Gasteiger partial charge in [0.25, 0.3) is 0 Å². The van der Waals surface area contributed by atoms with Crippen LogP contribution >= 0.6 is 0 Å². The molecular formula is C11H15NO3. The Morgan fingerprint density at radius 1 is 1.20 bits per heavy atom. The summed E-state index contributed by atoms with van der Waals surface area (Å²) in [4.78, 5) is 9.92. The van der Waals surface area contributed by atoms with Crippen LogP contribution in [-0.2, 0) is 6.42 Å². The summed E-state index contributed by atoms with van der Waals surface area (Å²) < 4.78 is 10.3. The Balaban J connectivity index is 2.69. The van der Waals surface area contributed by atoms with Gasteiger partial charge in [-0.25, -0.2) is 0 Å². The van der Waals surface area contributed by atoms with Crippen LogP contribution in [0.2, 0.25) is 0 Å². The predicted octanol–water partition coefficient (Wildman–Crippen LogP) is 2.40. The Labute approximate surface area is 89.2 Å². The van der Waals surface area contributed by atoms with Gasteiger partial charge < -0.3 is 9.47 Å². The maximum atomic E-state index is 9.92. The first-order valence-electron chi connectivity index (χ1n) is 4.82. The molecule has 1 aromatic rings. The minimum atomic E-state index is 0.356. The molecule has 0 radical (unpaired) electrons. The first-order chi connectivity index (χ1) is 7.31. The van der Waals surface area contributed by atoms with E-state index in [1.165, 1.54) is 0 Å². The van der Waals surface area contributed by atoms with Crippen LogP contribution in [0.25, 0.3) is 0 Å². The highest BCUT2D eigenvalue weighted by Gasteiger charge is 2.03. The summed E-state index contributed by atoms with van der Waals surface area (Å²) in [6.45, 7) is 0.356. The molecule has 4 heteroatoms. The lowest BCUT2D eigenvalue weighted by molar-refractivity contribution is 0.354. The number of methoxy groups -OCH3 is 2. The lowest BCUT2D eigenvalue weighted by Gasteiger charge is -2.08. The van der Waals surface area contributed by atoms with Crippen LogP contribution in [0.1, 0.15) is 12.0 Å². The third-order valence-corrected chi connectivity index (χ3v) is 2.16. The van der Waals surface area contributed by atoms with E-state index in [2.05, 4.69) is 5.18 Å². The highest BCUT2D eigenvalue weighted by Crippen LogP contribution is 2.27. The lowest BCUT2D eigenvalue weighted by atomic mass is 10.1. The van der Waals surface area contributed by atoms with Crippen LogP contribution in [0.3, 0.4) is 0 Å². The lowest BCUT2D eigenvalue weighted by Crippen LogP contribution is -1.93. The van der Waals surface area contributed by atoms with Crippen molar-refractivity contribution in [1.29, 1.82) is 0 Å². The largest absolute Gasteiger partial charge is 0.493 e. The number of nitrogens with zero attached hydrogens (tertiary/aromatic N) is 1. The van der Waals surface area contributed by atoms with Gasteiger partial charge >= 0.3 is 0 Å². The average Bonchev–Trinajstić information content (AvgIpc) is 2.29. The van der Waals surface area contributed by atoms with Crippen molar-refractivity contribution in [2.75, 3.05) is 20.8 Å². The molecule has 0 fully saturated rings. The molecule has 0 N–H and O–H groups in total. The number of benzene rings is 1. The molecule has 0 bridgehead atoms. The van der Waals surface area contributed by atoms with Crippen molar-refractivity contribution in [3.63, 3.8) is 0 Å². The van der Waals surface area contributed by atoms with Gasteiger partial charge in [-0.15, -0.1) is 0 Å². The van der Waals surface area contributed by atoms with E-state index >= 15 is 0 Å². The summed E-state index contributed by atoms with van der Waals surface area (Å²) in [7, 11) is 3.21. The zero-order valence-electron chi connectivity index (χ0n) is 9.03. The third kappa shape index (κ3) is 3.23. The summed E-state index contributed by atoms with van der Waals surface area (Å²) in [6, 6.07) is 5.75. The molecule has 82 valence electrons. The second-order valence-electron chi connectivity index (χ2n) is 3.15. The molecule has 0 heterocycles. The van der Waals surface area contributed by atoms with Crippen molar-refractivity contribution in [3.05, 3.63) is 28.7 Å². The van der Waals surface area contributed by atoms with Crippen LogP contribution in [0.5, 0.6) is 11.5 Å². The third-order valence-electron chi connectivity index (χ3n) is 2.16. The Hall–Kier alpha value is -1.58. The van der Waals surface area contributed by atoms with E-state index < -0.39 is 0 Å². The van der Waals surface area contributed by atoms with Crippen LogP contribution in [-0.4, -0.2) is 20.8 Å². The normalized spacial score (nSPS) is 9.73. The number of hydrogen-bond donors (Lipinski definition) is 0. The van der Waals surface area contributed by atoms with E-state index in [-0.39, 0.29) is 0 Å². The molecule has 0 spiro atoms. The maximum absolute atomic E-state index is 9.92. The van der Waals surface area contributed by atoms with Gasteiger partial charge in [-0.1, -0.05) is 11.2 Å². The zero-order chi connectivity index (χ0) is 11.1. The summed E-state index contributed by atoms with van der Waals surface area (Å²) in [5.41, 5.74) is 1.12. The highest BCUT2D eigenvalue weighted by atomic mass is 16.5. The molecule has 0 saturated heterocycles. The van der Waals surface area contributed by atoms with Gasteiger partial charge in [0, 0.05) is 0 Å². The smallest absolute Gasteiger partial charge is 0.160 e. The molecule has 0 saturated carbocycles. The Morgan fingerprint density at radius 3 is 2.53 bits per heavy atom. The van der Waals surface area contributed by atoms with Crippen molar-refractivity contribution in [2.24, 2.45) is 5.18 Å². The maximum Gasteiger partial charge on any atom is 0.160 e. The van der Waals surface area contributed by atoms with Crippen molar-refractivity contribution >= 4 is 0 Å². The van der Waals surface area contributed by atoms with Gasteiger partial charge in [0.1, 0.15) is 0 Å². The Kier molecular flexibility index (Phi) is 4.60. The molecule has 4 nitrogen and oxygen atoms in total. The van der Waals surface area contributed by atoms with Gasteiger partial charge in [-0.05, 0) is 30.5 Å². The predicted molar refractivity (Wildman–Crippen MR) is 58.5 cm³/mol. The monoisotopic (exact) mass is 209 g/mol. The van der Waals surface area contributed by atoms with Crippen molar-refractivity contribution < 1.29 is 9.47 Å². The minimum absolute atomic E-state index is 0.356. The van der Waals surface area contributed by atoms with Gasteiger partial charge in [0.15, 0.2) is 11.5 Å². The van der Waals surface area contributed by atoms with Crippen LogP contribution in [0, 0.1) is 4.91 Å². The van der Waals surface area contributed by atoms with Crippen LogP contribution in [0.4, 0.5) is 0 Å². The molecule has 0 atom stereocenters.